The van der Waals surface area contributed by atoms with E-state index in [-0.39, 0.29) is 12.2 Å². The van der Waals surface area contributed by atoms with Gasteiger partial charge in [-0.15, -0.1) is 0 Å². The molecule has 0 amide bonds. The van der Waals surface area contributed by atoms with Crippen molar-refractivity contribution in [2.24, 2.45) is 0 Å². The maximum atomic E-state index is 13.6. The third-order valence-corrected chi connectivity index (χ3v) is 5.20. The predicted molar refractivity (Wildman–Crippen MR) is 96.3 cm³/mol. The Hall–Kier alpha value is -2.33. The molecule has 1 unspecified atom stereocenters. The van der Waals surface area contributed by atoms with Crippen LogP contribution in [0.3, 0.4) is 0 Å². The first kappa shape index (κ1) is 16.5. The molecule has 3 rings (SSSR count). The highest BCUT2D eigenvalue weighted by molar-refractivity contribution is 7.84. The smallest absolute Gasteiger partial charge is 0.124 e. The number of carbonyl (C=O) groups excluding carboxylic acids is 1. The molecule has 1 aliphatic rings. The summed E-state index contributed by atoms with van der Waals surface area (Å²) < 4.78 is 25.1. The van der Waals surface area contributed by atoms with Crippen LogP contribution in [0.25, 0.3) is 17.2 Å². The van der Waals surface area contributed by atoms with Gasteiger partial charge in [0.25, 0.3) is 0 Å². The quantitative estimate of drug-likeness (QED) is 0.769. The van der Waals surface area contributed by atoms with E-state index < -0.39 is 10.8 Å². The second kappa shape index (κ2) is 6.65. The molecule has 2 aromatic rings. The van der Waals surface area contributed by atoms with E-state index >= 15 is 0 Å². The first-order valence-electron chi connectivity index (χ1n) is 7.60. The summed E-state index contributed by atoms with van der Waals surface area (Å²) in [6.07, 6.45) is 4.79. The van der Waals surface area contributed by atoms with E-state index in [2.05, 4.69) is 0 Å². The average molecular weight is 340 g/mol. The molecule has 0 spiro atoms. The summed E-state index contributed by atoms with van der Waals surface area (Å²) in [5.41, 5.74) is 5.56. The number of allylic oxidation sites excluding steroid dienone is 3. The number of aldehydes is 1. The highest BCUT2D eigenvalue weighted by atomic mass is 32.2. The van der Waals surface area contributed by atoms with Crippen molar-refractivity contribution in [2.75, 3.05) is 6.26 Å². The number of rotatable bonds is 4. The van der Waals surface area contributed by atoms with Gasteiger partial charge in [0.1, 0.15) is 12.1 Å². The van der Waals surface area contributed by atoms with E-state index in [9.17, 15) is 13.4 Å². The fourth-order valence-corrected chi connectivity index (χ4v) is 3.54. The van der Waals surface area contributed by atoms with Crippen LogP contribution in [0, 0.1) is 5.82 Å². The van der Waals surface area contributed by atoms with Gasteiger partial charge >= 0.3 is 0 Å². The van der Waals surface area contributed by atoms with Gasteiger partial charge in [0.05, 0.1) is 0 Å². The number of hydrogen-bond acceptors (Lipinski definition) is 2. The normalized spacial score (nSPS) is 16.4. The Kier molecular flexibility index (Phi) is 4.58. The first-order chi connectivity index (χ1) is 11.5. The van der Waals surface area contributed by atoms with E-state index in [1.54, 1.807) is 12.3 Å². The first-order valence-corrected chi connectivity index (χ1v) is 9.16. The van der Waals surface area contributed by atoms with Crippen LogP contribution < -0.4 is 0 Å². The molecule has 0 radical (unpaired) electrons. The Morgan fingerprint density at radius 3 is 2.42 bits per heavy atom. The van der Waals surface area contributed by atoms with Crippen LogP contribution in [0.1, 0.15) is 30.0 Å². The van der Waals surface area contributed by atoms with Crippen LogP contribution in [0.15, 0.2) is 52.9 Å². The summed E-state index contributed by atoms with van der Waals surface area (Å²) in [7, 11) is -1.01. The standard InChI is InChI=1S/C20H17FO2S/c1-13-17(9-10-22)20-12-15(21)5-8-18(20)19(13)11-14-3-6-16(7-4-14)24(2)23/h3-8,10-12H,9H2,1-2H3/b19-11+. The highest BCUT2D eigenvalue weighted by Crippen LogP contribution is 2.43. The third-order valence-electron chi connectivity index (χ3n) is 4.26. The lowest BCUT2D eigenvalue weighted by molar-refractivity contribution is -0.107. The van der Waals surface area contributed by atoms with Crippen molar-refractivity contribution in [1.29, 1.82) is 0 Å². The molecule has 1 atom stereocenters. The van der Waals surface area contributed by atoms with Gasteiger partial charge < -0.3 is 4.79 Å². The topological polar surface area (TPSA) is 34.1 Å². The molecule has 122 valence electrons. The zero-order valence-electron chi connectivity index (χ0n) is 13.5. The Balaban J connectivity index is 2.10. The van der Waals surface area contributed by atoms with Crippen LogP contribution in [0.4, 0.5) is 4.39 Å². The molecular weight excluding hydrogens is 323 g/mol. The van der Waals surface area contributed by atoms with E-state index in [0.29, 0.717) is 0 Å². The molecule has 24 heavy (non-hydrogen) atoms. The van der Waals surface area contributed by atoms with Gasteiger partial charge in [0.2, 0.25) is 0 Å². The fraction of sp³-hybridized carbons (Fsp3) is 0.150. The Morgan fingerprint density at radius 1 is 1.08 bits per heavy atom. The summed E-state index contributed by atoms with van der Waals surface area (Å²) in [4.78, 5) is 11.8. The lowest BCUT2D eigenvalue weighted by Gasteiger charge is -2.05. The average Bonchev–Trinajstić information content (AvgIpc) is 2.81. The van der Waals surface area contributed by atoms with Gasteiger partial charge in [-0.05, 0) is 70.7 Å². The number of hydrogen-bond donors (Lipinski definition) is 0. The highest BCUT2D eigenvalue weighted by Gasteiger charge is 2.23. The predicted octanol–water partition coefficient (Wildman–Crippen LogP) is 4.48. The van der Waals surface area contributed by atoms with Gasteiger partial charge in [-0.2, -0.15) is 0 Å². The van der Waals surface area contributed by atoms with Crippen LogP contribution in [-0.2, 0) is 15.6 Å². The monoisotopic (exact) mass is 340 g/mol. The summed E-state index contributed by atoms with van der Waals surface area (Å²) >= 11 is 0. The SMILES string of the molecule is CC1=C(CC=O)c2cc(F)ccc2/C1=C/c1ccc(S(C)=O)cc1. The maximum Gasteiger partial charge on any atom is 0.124 e. The van der Waals surface area contributed by atoms with Crippen molar-refractivity contribution in [3.63, 3.8) is 0 Å². The summed E-state index contributed by atoms with van der Waals surface area (Å²) in [5.74, 6) is -0.305. The largest absolute Gasteiger partial charge is 0.303 e. The lowest BCUT2D eigenvalue weighted by atomic mass is 10.0. The minimum absolute atomic E-state index is 0.271. The van der Waals surface area contributed by atoms with Gasteiger partial charge in [0.15, 0.2) is 0 Å². The van der Waals surface area contributed by atoms with Gasteiger partial charge in [-0.25, -0.2) is 4.39 Å². The second-order valence-electron chi connectivity index (χ2n) is 5.75. The molecule has 2 nitrogen and oxygen atoms in total. The van der Waals surface area contributed by atoms with Crippen molar-refractivity contribution in [2.45, 2.75) is 18.2 Å². The molecule has 0 heterocycles. The molecule has 0 N–H and O–H groups in total. The van der Waals surface area contributed by atoms with E-state index in [1.165, 1.54) is 12.1 Å². The van der Waals surface area contributed by atoms with Crippen molar-refractivity contribution >= 4 is 34.3 Å². The van der Waals surface area contributed by atoms with Crippen molar-refractivity contribution in [3.8, 4) is 0 Å². The number of carbonyl (C=O) groups is 1. The van der Waals surface area contributed by atoms with Crippen molar-refractivity contribution in [3.05, 3.63) is 70.5 Å². The number of halogens is 1. The van der Waals surface area contributed by atoms with E-state index in [1.807, 2.05) is 37.3 Å². The minimum atomic E-state index is -1.01. The Bertz CT molecular complexity index is 892. The van der Waals surface area contributed by atoms with E-state index in [0.717, 1.165) is 44.6 Å². The molecule has 0 bridgehead atoms. The van der Waals surface area contributed by atoms with Crippen molar-refractivity contribution < 1.29 is 13.4 Å². The Morgan fingerprint density at radius 2 is 1.79 bits per heavy atom. The third kappa shape index (κ3) is 3.02. The molecule has 0 saturated heterocycles. The molecule has 0 fully saturated rings. The van der Waals surface area contributed by atoms with Gasteiger partial charge in [-0.3, -0.25) is 4.21 Å². The Labute approximate surface area is 143 Å². The summed E-state index contributed by atoms with van der Waals surface area (Å²) in [6, 6.07) is 12.2. The zero-order chi connectivity index (χ0) is 17.3. The summed E-state index contributed by atoms with van der Waals surface area (Å²) in [5, 5.41) is 0. The molecule has 1 aliphatic carbocycles. The molecule has 0 saturated carbocycles. The van der Waals surface area contributed by atoms with Crippen molar-refractivity contribution in [1.82, 2.24) is 0 Å². The second-order valence-corrected chi connectivity index (χ2v) is 7.13. The lowest BCUT2D eigenvalue weighted by Crippen LogP contribution is -1.88. The molecule has 4 heteroatoms. The molecule has 2 aromatic carbocycles. The van der Waals surface area contributed by atoms with Crippen LogP contribution in [0.5, 0.6) is 0 Å². The minimum Gasteiger partial charge on any atom is -0.303 e. The van der Waals surface area contributed by atoms with Gasteiger partial charge in [-0.1, -0.05) is 18.2 Å². The summed E-state index contributed by atoms with van der Waals surface area (Å²) in [6.45, 7) is 1.96. The van der Waals surface area contributed by atoms with Crippen LogP contribution >= 0.6 is 0 Å². The fourth-order valence-electron chi connectivity index (χ4n) is 3.02. The molecule has 0 aliphatic heterocycles. The van der Waals surface area contributed by atoms with Gasteiger partial charge in [0, 0.05) is 28.4 Å². The molecular formula is C20H17FO2S. The number of benzene rings is 2. The zero-order valence-corrected chi connectivity index (χ0v) is 14.3. The van der Waals surface area contributed by atoms with Crippen LogP contribution in [-0.4, -0.2) is 16.8 Å². The molecule has 0 aromatic heterocycles. The number of fused-ring (bicyclic) bond motifs is 1. The van der Waals surface area contributed by atoms with Crippen LogP contribution in [0.2, 0.25) is 0 Å². The maximum absolute atomic E-state index is 13.6. The van der Waals surface area contributed by atoms with E-state index in [4.69, 9.17) is 0 Å².